The van der Waals surface area contributed by atoms with Crippen LogP contribution >= 0.6 is 11.8 Å². The Hall–Kier alpha value is -0.510. The quantitative estimate of drug-likeness (QED) is 0.735. The van der Waals surface area contributed by atoms with Crippen molar-refractivity contribution in [1.82, 2.24) is 0 Å². The summed E-state index contributed by atoms with van der Waals surface area (Å²) < 4.78 is 0. The molecule has 1 aliphatic heterocycles. The molecule has 0 fully saturated rings. The number of rotatable bonds is 2. The highest BCUT2D eigenvalue weighted by Crippen LogP contribution is 2.41. The molecular weight excluding hydrogens is 182 g/mol. The van der Waals surface area contributed by atoms with Crippen molar-refractivity contribution in [1.29, 1.82) is 0 Å². The topological polar surface area (TPSA) is 35.2 Å². The van der Waals surface area contributed by atoms with Crippen molar-refractivity contribution in [2.45, 2.75) is 24.3 Å². The zero-order valence-corrected chi connectivity index (χ0v) is 8.43. The molecule has 2 nitrogen and oxygen atoms in total. The molecule has 2 N–H and O–H groups in total. The van der Waals surface area contributed by atoms with Crippen LogP contribution in [0.5, 0.6) is 0 Å². The van der Waals surface area contributed by atoms with Crippen LogP contribution in [0.15, 0.2) is 23.1 Å². The van der Waals surface area contributed by atoms with Gasteiger partial charge in [-0.25, -0.2) is 5.90 Å². The Balaban J connectivity index is 2.38. The Labute approximate surface area is 82.4 Å². The Morgan fingerprint density at radius 2 is 2.46 bits per heavy atom. The minimum absolute atomic E-state index is 0.517. The molecule has 1 heterocycles. The van der Waals surface area contributed by atoms with Gasteiger partial charge in [-0.3, -0.25) is 4.84 Å². The Kier molecular flexibility index (Phi) is 2.58. The summed E-state index contributed by atoms with van der Waals surface area (Å²) in [6.45, 7) is 2.77. The molecule has 0 aliphatic carbocycles. The van der Waals surface area contributed by atoms with E-state index in [2.05, 4.69) is 30.0 Å². The van der Waals surface area contributed by atoms with Crippen molar-refractivity contribution in [3.05, 3.63) is 29.3 Å². The molecule has 1 aromatic carbocycles. The average Bonchev–Trinajstić information content (AvgIpc) is 2.50. The minimum atomic E-state index is 0.517. The first-order valence-electron chi connectivity index (χ1n) is 4.39. The van der Waals surface area contributed by atoms with Gasteiger partial charge in [-0.2, -0.15) is 0 Å². The SMILES string of the molecule is CC1CSc2c(CON)cccc21. The normalized spacial score (nSPS) is 20.3. The molecule has 70 valence electrons. The summed E-state index contributed by atoms with van der Waals surface area (Å²) in [5, 5.41) is 0. The zero-order valence-electron chi connectivity index (χ0n) is 7.62. The Morgan fingerprint density at radius 1 is 1.62 bits per heavy atom. The number of nitrogens with two attached hydrogens (primary N) is 1. The highest BCUT2D eigenvalue weighted by atomic mass is 32.2. The molecule has 0 aromatic heterocycles. The average molecular weight is 195 g/mol. The number of thioether (sulfide) groups is 1. The lowest BCUT2D eigenvalue weighted by Gasteiger charge is -2.06. The lowest BCUT2D eigenvalue weighted by molar-refractivity contribution is 0.122. The fraction of sp³-hybridized carbons (Fsp3) is 0.400. The van der Waals surface area contributed by atoms with Crippen LogP contribution in [0.4, 0.5) is 0 Å². The summed E-state index contributed by atoms with van der Waals surface area (Å²) in [6.07, 6.45) is 0. The van der Waals surface area contributed by atoms with Gasteiger partial charge in [0.1, 0.15) is 0 Å². The third-order valence-electron chi connectivity index (χ3n) is 2.37. The van der Waals surface area contributed by atoms with Gasteiger partial charge in [-0.1, -0.05) is 25.1 Å². The van der Waals surface area contributed by atoms with Gasteiger partial charge in [0.05, 0.1) is 6.61 Å². The summed E-state index contributed by atoms with van der Waals surface area (Å²) in [6, 6.07) is 6.35. The van der Waals surface area contributed by atoms with Crippen molar-refractivity contribution < 1.29 is 4.84 Å². The third-order valence-corrected chi connectivity index (χ3v) is 3.83. The summed E-state index contributed by atoms with van der Waals surface area (Å²) in [5.74, 6) is 6.92. The minimum Gasteiger partial charge on any atom is -0.300 e. The van der Waals surface area contributed by atoms with E-state index in [1.807, 2.05) is 11.8 Å². The van der Waals surface area contributed by atoms with E-state index in [-0.39, 0.29) is 0 Å². The largest absolute Gasteiger partial charge is 0.300 e. The van der Waals surface area contributed by atoms with E-state index in [0.717, 1.165) is 0 Å². The lowest BCUT2D eigenvalue weighted by Crippen LogP contribution is -2.00. The first-order valence-corrected chi connectivity index (χ1v) is 5.37. The molecule has 13 heavy (non-hydrogen) atoms. The maximum atomic E-state index is 5.08. The maximum absolute atomic E-state index is 5.08. The first kappa shape index (κ1) is 9.06. The maximum Gasteiger partial charge on any atom is 0.0940 e. The van der Waals surface area contributed by atoms with E-state index in [1.54, 1.807) is 0 Å². The number of hydrogen-bond donors (Lipinski definition) is 1. The van der Waals surface area contributed by atoms with Crippen LogP contribution in [0.2, 0.25) is 0 Å². The van der Waals surface area contributed by atoms with Crippen LogP contribution in [-0.4, -0.2) is 5.75 Å². The number of hydrogen-bond acceptors (Lipinski definition) is 3. The first-order chi connectivity index (χ1) is 6.33. The second-order valence-electron chi connectivity index (χ2n) is 3.36. The van der Waals surface area contributed by atoms with Gasteiger partial charge in [-0.15, -0.1) is 11.8 Å². The van der Waals surface area contributed by atoms with Crippen LogP contribution in [0.1, 0.15) is 24.0 Å². The van der Waals surface area contributed by atoms with Crippen molar-refractivity contribution in [2.75, 3.05) is 5.75 Å². The Morgan fingerprint density at radius 3 is 3.23 bits per heavy atom. The third kappa shape index (κ3) is 1.59. The van der Waals surface area contributed by atoms with Gasteiger partial charge in [-0.05, 0) is 17.0 Å². The molecule has 0 saturated carbocycles. The van der Waals surface area contributed by atoms with Crippen LogP contribution in [0.25, 0.3) is 0 Å². The van der Waals surface area contributed by atoms with Gasteiger partial charge in [0.15, 0.2) is 0 Å². The van der Waals surface area contributed by atoms with Gasteiger partial charge in [0.2, 0.25) is 0 Å². The van der Waals surface area contributed by atoms with E-state index < -0.39 is 0 Å². The second kappa shape index (κ2) is 3.70. The molecule has 1 aromatic rings. The van der Waals surface area contributed by atoms with Crippen LogP contribution in [-0.2, 0) is 11.4 Å². The molecule has 2 rings (SSSR count). The summed E-state index contributed by atoms with van der Waals surface area (Å²) in [7, 11) is 0. The lowest BCUT2D eigenvalue weighted by atomic mass is 10.0. The van der Waals surface area contributed by atoms with Gasteiger partial charge in [0.25, 0.3) is 0 Å². The standard InChI is InChI=1S/C10H13NOS/c1-7-6-13-10-8(5-12-11)3-2-4-9(7)10/h2-4,7H,5-6,11H2,1H3. The zero-order chi connectivity index (χ0) is 9.26. The van der Waals surface area contributed by atoms with E-state index >= 15 is 0 Å². The van der Waals surface area contributed by atoms with Crippen molar-refractivity contribution in [3.63, 3.8) is 0 Å². The van der Waals surface area contributed by atoms with Crippen LogP contribution in [0.3, 0.4) is 0 Å². The summed E-state index contributed by atoms with van der Waals surface area (Å²) in [4.78, 5) is 6.05. The fourth-order valence-corrected chi connectivity index (χ4v) is 3.01. The van der Waals surface area contributed by atoms with E-state index in [4.69, 9.17) is 5.90 Å². The Bertz CT molecular complexity index is 314. The molecule has 1 atom stereocenters. The number of fused-ring (bicyclic) bond motifs is 1. The molecule has 0 radical (unpaired) electrons. The summed E-state index contributed by atoms with van der Waals surface area (Å²) in [5.41, 5.74) is 2.66. The smallest absolute Gasteiger partial charge is 0.0940 e. The molecule has 1 unspecified atom stereocenters. The van der Waals surface area contributed by atoms with Crippen LogP contribution < -0.4 is 5.90 Å². The highest BCUT2D eigenvalue weighted by molar-refractivity contribution is 7.99. The predicted molar refractivity (Wildman–Crippen MR) is 54.6 cm³/mol. The number of benzene rings is 1. The van der Waals surface area contributed by atoms with E-state index in [0.29, 0.717) is 12.5 Å². The van der Waals surface area contributed by atoms with E-state index in [1.165, 1.54) is 21.8 Å². The predicted octanol–water partition coefficient (Wildman–Crippen LogP) is 2.29. The molecular formula is C10H13NOS. The van der Waals surface area contributed by atoms with Crippen molar-refractivity contribution >= 4 is 11.8 Å². The highest BCUT2D eigenvalue weighted by Gasteiger charge is 2.21. The molecule has 0 spiro atoms. The van der Waals surface area contributed by atoms with E-state index in [9.17, 15) is 0 Å². The molecule has 0 bridgehead atoms. The molecule has 0 amide bonds. The summed E-state index contributed by atoms with van der Waals surface area (Å²) >= 11 is 1.91. The molecule has 1 aliphatic rings. The van der Waals surface area contributed by atoms with Crippen molar-refractivity contribution in [2.24, 2.45) is 5.90 Å². The van der Waals surface area contributed by atoms with Gasteiger partial charge < -0.3 is 0 Å². The van der Waals surface area contributed by atoms with Gasteiger partial charge in [0, 0.05) is 10.6 Å². The second-order valence-corrected chi connectivity index (χ2v) is 4.39. The molecule has 0 saturated heterocycles. The fourth-order valence-electron chi connectivity index (χ4n) is 1.67. The van der Waals surface area contributed by atoms with Gasteiger partial charge >= 0.3 is 0 Å². The molecule has 3 heteroatoms. The van der Waals surface area contributed by atoms with Crippen molar-refractivity contribution in [3.8, 4) is 0 Å². The monoisotopic (exact) mass is 195 g/mol. The van der Waals surface area contributed by atoms with Crippen LogP contribution in [0, 0.1) is 0 Å².